The predicted octanol–water partition coefficient (Wildman–Crippen LogP) is 2.57. The molecule has 0 spiro atoms. The molecule has 1 aliphatic rings. The Labute approximate surface area is 167 Å². The van der Waals surface area contributed by atoms with Gasteiger partial charge < -0.3 is 14.6 Å². The molecule has 29 heavy (non-hydrogen) atoms. The number of non-ortho nitro benzene ring substituents is 1. The Morgan fingerprint density at radius 2 is 2.03 bits per heavy atom. The smallest absolute Gasteiger partial charge is 0.270 e. The molecule has 9 nitrogen and oxygen atoms in total. The number of benzene rings is 2. The number of nitro benzene ring substituents is 1. The number of nitrogens with zero attached hydrogens (tertiary/aromatic N) is 4. The predicted molar refractivity (Wildman–Crippen MR) is 108 cm³/mol. The second-order valence-corrected chi connectivity index (χ2v) is 6.94. The lowest BCUT2D eigenvalue weighted by atomic mass is 10.2. The number of nitrogens with one attached hydrogen (secondary N) is 1. The summed E-state index contributed by atoms with van der Waals surface area (Å²) in [5, 5.41) is 13.7. The molecule has 1 saturated heterocycles. The van der Waals surface area contributed by atoms with Crippen LogP contribution in [-0.4, -0.2) is 51.6 Å². The van der Waals surface area contributed by atoms with Gasteiger partial charge in [0, 0.05) is 43.5 Å². The van der Waals surface area contributed by atoms with E-state index in [1.807, 2.05) is 19.2 Å². The van der Waals surface area contributed by atoms with Gasteiger partial charge in [0.25, 0.3) is 11.6 Å². The van der Waals surface area contributed by atoms with Crippen LogP contribution in [0.4, 0.5) is 11.4 Å². The molecule has 2 aromatic carbocycles. The quantitative estimate of drug-likeness (QED) is 0.526. The van der Waals surface area contributed by atoms with E-state index in [0.29, 0.717) is 5.69 Å². The van der Waals surface area contributed by atoms with Crippen LogP contribution in [-0.2, 0) is 18.3 Å². The second-order valence-electron chi connectivity index (χ2n) is 6.94. The van der Waals surface area contributed by atoms with Crippen molar-refractivity contribution in [3.05, 3.63) is 64.0 Å². The number of ether oxygens (including phenoxy) is 1. The third kappa shape index (κ3) is 4.10. The van der Waals surface area contributed by atoms with Gasteiger partial charge in [-0.3, -0.25) is 19.8 Å². The fourth-order valence-electron chi connectivity index (χ4n) is 3.39. The molecule has 2 heterocycles. The van der Waals surface area contributed by atoms with Gasteiger partial charge >= 0.3 is 0 Å². The monoisotopic (exact) mass is 395 g/mol. The largest absolute Gasteiger partial charge is 0.379 e. The second kappa shape index (κ2) is 7.98. The molecular weight excluding hydrogens is 374 g/mol. The van der Waals surface area contributed by atoms with Crippen LogP contribution in [0.3, 0.4) is 0 Å². The highest BCUT2D eigenvalue weighted by molar-refractivity contribution is 6.05. The van der Waals surface area contributed by atoms with E-state index in [1.54, 1.807) is 12.1 Å². The first-order valence-corrected chi connectivity index (χ1v) is 9.32. The Morgan fingerprint density at radius 1 is 1.24 bits per heavy atom. The molecule has 0 saturated carbocycles. The van der Waals surface area contributed by atoms with Gasteiger partial charge in [0.05, 0.1) is 35.7 Å². The molecule has 0 aliphatic carbocycles. The minimum atomic E-state index is -0.521. The topological polar surface area (TPSA) is 103 Å². The van der Waals surface area contributed by atoms with Gasteiger partial charge in [-0.2, -0.15) is 0 Å². The van der Waals surface area contributed by atoms with Crippen molar-refractivity contribution in [2.75, 3.05) is 31.6 Å². The van der Waals surface area contributed by atoms with Crippen LogP contribution < -0.4 is 5.32 Å². The summed E-state index contributed by atoms with van der Waals surface area (Å²) in [7, 11) is 1.98. The van der Waals surface area contributed by atoms with Crippen molar-refractivity contribution < 1.29 is 14.5 Å². The fraction of sp³-hybridized carbons (Fsp3) is 0.300. The number of hydrogen-bond donors (Lipinski definition) is 1. The zero-order valence-electron chi connectivity index (χ0n) is 16.0. The van der Waals surface area contributed by atoms with Gasteiger partial charge in [0.1, 0.15) is 5.82 Å². The van der Waals surface area contributed by atoms with E-state index >= 15 is 0 Å². The van der Waals surface area contributed by atoms with E-state index in [1.165, 1.54) is 18.2 Å². The maximum Gasteiger partial charge on any atom is 0.270 e. The number of aromatic nitrogens is 2. The van der Waals surface area contributed by atoms with Crippen LogP contribution in [0, 0.1) is 10.1 Å². The molecule has 1 N–H and O–H groups in total. The lowest BCUT2D eigenvalue weighted by Gasteiger charge is -2.26. The van der Waals surface area contributed by atoms with E-state index in [0.717, 1.165) is 49.7 Å². The summed E-state index contributed by atoms with van der Waals surface area (Å²) in [5.74, 6) is 0.543. The van der Waals surface area contributed by atoms with Crippen molar-refractivity contribution in [1.82, 2.24) is 14.5 Å². The van der Waals surface area contributed by atoms with Gasteiger partial charge in [-0.1, -0.05) is 6.07 Å². The molecule has 4 rings (SSSR count). The van der Waals surface area contributed by atoms with Crippen molar-refractivity contribution in [3.8, 4) is 0 Å². The summed E-state index contributed by atoms with van der Waals surface area (Å²) >= 11 is 0. The summed E-state index contributed by atoms with van der Waals surface area (Å²) in [6.45, 7) is 3.97. The highest BCUT2D eigenvalue weighted by Crippen LogP contribution is 2.22. The summed E-state index contributed by atoms with van der Waals surface area (Å²) in [6, 6.07) is 11.2. The lowest BCUT2D eigenvalue weighted by molar-refractivity contribution is -0.384. The van der Waals surface area contributed by atoms with Crippen LogP contribution in [0.1, 0.15) is 16.2 Å². The molecule has 1 aromatic heterocycles. The summed E-state index contributed by atoms with van der Waals surface area (Å²) in [4.78, 5) is 29.9. The van der Waals surface area contributed by atoms with Crippen molar-refractivity contribution in [3.63, 3.8) is 0 Å². The normalized spacial score (nSPS) is 14.8. The minimum Gasteiger partial charge on any atom is -0.379 e. The molecule has 1 amide bonds. The van der Waals surface area contributed by atoms with Gasteiger partial charge in [0.2, 0.25) is 0 Å². The molecule has 3 aromatic rings. The molecule has 150 valence electrons. The third-order valence-electron chi connectivity index (χ3n) is 5.02. The minimum absolute atomic E-state index is 0.120. The Morgan fingerprint density at radius 3 is 2.79 bits per heavy atom. The molecule has 9 heteroatoms. The van der Waals surface area contributed by atoms with Gasteiger partial charge in [-0.05, 0) is 24.3 Å². The first-order valence-electron chi connectivity index (χ1n) is 9.32. The highest BCUT2D eigenvalue weighted by atomic mass is 16.6. The molecule has 0 unspecified atom stereocenters. The van der Waals surface area contributed by atoms with Crippen molar-refractivity contribution >= 4 is 28.3 Å². The summed E-state index contributed by atoms with van der Waals surface area (Å²) < 4.78 is 7.44. The number of imidazole rings is 1. The lowest BCUT2D eigenvalue weighted by Crippen LogP contribution is -2.36. The van der Waals surface area contributed by atoms with Crippen molar-refractivity contribution in [1.29, 1.82) is 0 Å². The number of carbonyl (C=O) groups is 1. The number of anilines is 1. The summed E-state index contributed by atoms with van der Waals surface area (Å²) in [6.07, 6.45) is 0. The Kier molecular flexibility index (Phi) is 5.24. The van der Waals surface area contributed by atoms with Crippen LogP contribution in [0.2, 0.25) is 0 Å². The molecule has 1 fully saturated rings. The van der Waals surface area contributed by atoms with E-state index in [-0.39, 0.29) is 11.3 Å². The zero-order valence-corrected chi connectivity index (χ0v) is 16.0. The maximum atomic E-state index is 12.5. The Bertz CT molecular complexity index is 1070. The van der Waals surface area contributed by atoms with E-state index in [4.69, 9.17) is 9.72 Å². The molecule has 0 radical (unpaired) electrons. The molecule has 0 atom stereocenters. The van der Waals surface area contributed by atoms with Crippen LogP contribution in [0.25, 0.3) is 11.0 Å². The van der Waals surface area contributed by atoms with Crippen LogP contribution in [0.15, 0.2) is 42.5 Å². The number of rotatable bonds is 5. The van der Waals surface area contributed by atoms with Gasteiger partial charge in [-0.15, -0.1) is 0 Å². The number of nitro groups is 1. The standard InChI is InChI=1S/C20H21N5O4/c1-23-18-6-5-15(21-20(26)14-3-2-4-16(11-14)25(27)28)12-17(18)22-19(23)13-24-7-9-29-10-8-24/h2-6,11-12H,7-10,13H2,1H3,(H,21,26). The van der Waals surface area contributed by atoms with Gasteiger partial charge in [-0.25, -0.2) is 4.98 Å². The SMILES string of the molecule is Cn1c(CN2CCOCC2)nc2cc(NC(=O)c3cccc([N+](=O)[O-])c3)ccc21. The number of morpholine rings is 1. The maximum absolute atomic E-state index is 12.5. The van der Waals surface area contributed by atoms with E-state index < -0.39 is 10.8 Å². The Balaban J connectivity index is 1.53. The summed E-state index contributed by atoms with van der Waals surface area (Å²) in [5.41, 5.74) is 2.46. The number of hydrogen-bond acceptors (Lipinski definition) is 6. The number of fused-ring (bicyclic) bond motifs is 1. The number of aryl methyl sites for hydroxylation is 1. The fourth-order valence-corrected chi connectivity index (χ4v) is 3.39. The number of carbonyl (C=O) groups excluding carboxylic acids is 1. The number of amides is 1. The van der Waals surface area contributed by atoms with Crippen molar-refractivity contribution in [2.45, 2.75) is 6.54 Å². The molecule has 1 aliphatic heterocycles. The van der Waals surface area contributed by atoms with Gasteiger partial charge in [0.15, 0.2) is 0 Å². The first-order chi connectivity index (χ1) is 14.0. The van der Waals surface area contributed by atoms with E-state index in [9.17, 15) is 14.9 Å². The highest BCUT2D eigenvalue weighted by Gasteiger charge is 2.16. The average molecular weight is 395 g/mol. The average Bonchev–Trinajstić information content (AvgIpc) is 3.03. The first kappa shape index (κ1) is 19.0. The van der Waals surface area contributed by atoms with Crippen LogP contribution >= 0.6 is 0 Å². The van der Waals surface area contributed by atoms with Crippen LogP contribution in [0.5, 0.6) is 0 Å². The Hall–Kier alpha value is -3.30. The molecular formula is C20H21N5O4. The third-order valence-corrected chi connectivity index (χ3v) is 5.02. The van der Waals surface area contributed by atoms with Crippen molar-refractivity contribution in [2.24, 2.45) is 7.05 Å². The molecule has 0 bridgehead atoms. The van der Waals surface area contributed by atoms with E-state index in [2.05, 4.69) is 14.8 Å². The zero-order chi connectivity index (χ0) is 20.4.